The Kier molecular flexibility index (Phi) is 8.49. The molecule has 0 unspecified atom stereocenters. The highest BCUT2D eigenvalue weighted by atomic mass is 79.9. The molecule has 0 spiro atoms. The Balaban J connectivity index is 1.52. The summed E-state index contributed by atoms with van der Waals surface area (Å²) >= 11 is 6.75. The minimum atomic E-state index is -0.374. The number of halogens is 2. The lowest BCUT2D eigenvalue weighted by atomic mass is 10.2. The van der Waals surface area contributed by atoms with Gasteiger partial charge in [-0.05, 0) is 63.5 Å². The van der Waals surface area contributed by atoms with E-state index in [0.29, 0.717) is 23.9 Å². The van der Waals surface area contributed by atoms with Gasteiger partial charge in [-0.3, -0.25) is 4.79 Å². The molecular formula is C23H20Br2N2O4. The third kappa shape index (κ3) is 7.11. The van der Waals surface area contributed by atoms with Gasteiger partial charge in [0.2, 0.25) is 0 Å². The molecule has 0 saturated carbocycles. The number of amides is 1. The van der Waals surface area contributed by atoms with Crippen LogP contribution < -0.4 is 19.6 Å². The molecule has 0 aromatic heterocycles. The van der Waals surface area contributed by atoms with Crippen molar-refractivity contribution in [3.63, 3.8) is 0 Å². The molecule has 0 fully saturated rings. The summed E-state index contributed by atoms with van der Waals surface area (Å²) in [5, 5.41) is 3.97. The summed E-state index contributed by atoms with van der Waals surface area (Å²) < 4.78 is 18.4. The van der Waals surface area contributed by atoms with E-state index < -0.39 is 0 Å². The van der Waals surface area contributed by atoms with Crippen LogP contribution in [0.25, 0.3) is 0 Å². The van der Waals surface area contributed by atoms with Crippen molar-refractivity contribution in [1.82, 2.24) is 5.43 Å². The molecule has 8 heteroatoms. The Labute approximate surface area is 197 Å². The Morgan fingerprint density at radius 2 is 1.74 bits per heavy atom. The normalized spacial score (nSPS) is 10.7. The fraction of sp³-hybridized carbons (Fsp3) is 0.130. The van der Waals surface area contributed by atoms with Crippen molar-refractivity contribution in [2.24, 2.45) is 5.10 Å². The van der Waals surface area contributed by atoms with Crippen molar-refractivity contribution >= 4 is 44.0 Å². The zero-order valence-corrected chi connectivity index (χ0v) is 19.9. The third-order valence-electron chi connectivity index (χ3n) is 4.08. The standard InChI is InChI=1S/C23H20Br2N2O4/c1-29-22-11-17(7-9-21(22)30-14-16-5-3-2-4-6-16)13-26-27-23(28)15-31-20-10-8-18(24)12-19(20)25/h2-13H,14-15H2,1H3,(H,27,28)/b26-13+. The van der Waals surface area contributed by atoms with E-state index in [4.69, 9.17) is 14.2 Å². The van der Waals surface area contributed by atoms with Gasteiger partial charge in [0.15, 0.2) is 18.1 Å². The van der Waals surface area contributed by atoms with E-state index in [1.807, 2.05) is 48.5 Å². The number of carbonyl (C=O) groups is 1. The number of carbonyl (C=O) groups excluding carboxylic acids is 1. The Hall–Kier alpha value is -2.84. The molecule has 0 aliphatic rings. The van der Waals surface area contributed by atoms with Crippen LogP contribution in [0.15, 0.2) is 80.8 Å². The smallest absolute Gasteiger partial charge is 0.277 e. The van der Waals surface area contributed by atoms with Gasteiger partial charge >= 0.3 is 0 Å². The van der Waals surface area contributed by atoms with Gasteiger partial charge in [0.25, 0.3) is 5.91 Å². The number of ether oxygens (including phenoxy) is 3. The maximum absolute atomic E-state index is 12.0. The van der Waals surface area contributed by atoms with Crippen molar-refractivity contribution in [3.8, 4) is 17.2 Å². The number of hydrogen-bond acceptors (Lipinski definition) is 5. The van der Waals surface area contributed by atoms with Gasteiger partial charge in [0.1, 0.15) is 12.4 Å². The Morgan fingerprint density at radius 3 is 2.48 bits per heavy atom. The topological polar surface area (TPSA) is 69.2 Å². The molecule has 1 amide bonds. The largest absolute Gasteiger partial charge is 0.493 e. The van der Waals surface area contributed by atoms with E-state index >= 15 is 0 Å². The lowest BCUT2D eigenvalue weighted by Gasteiger charge is -2.11. The average molecular weight is 548 g/mol. The summed E-state index contributed by atoms with van der Waals surface area (Å²) in [6.45, 7) is 0.280. The van der Waals surface area contributed by atoms with Gasteiger partial charge in [-0.2, -0.15) is 5.10 Å². The van der Waals surface area contributed by atoms with Gasteiger partial charge < -0.3 is 14.2 Å². The van der Waals surface area contributed by atoms with Crippen LogP contribution in [0.4, 0.5) is 0 Å². The van der Waals surface area contributed by atoms with Gasteiger partial charge in [-0.1, -0.05) is 46.3 Å². The summed E-state index contributed by atoms with van der Waals surface area (Å²) in [7, 11) is 1.57. The highest BCUT2D eigenvalue weighted by Gasteiger charge is 2.07. The molecule has 0 bridgehead atoms. The summed E-state index contributed by atoms with van der Waals surface area (Å²) in [6, 6.07) is 20.7. The van der Waals surface area contributed by atoms with E-state index in [2.05, 4.69) is 42.4 Å². The van der Waals surface area contributed by atoms with E-state index in [1.165, 1.54) is 6.21 Å². The first-order valence-electron chi connectivity index (χ1n) is 9.29. The molecule has 1 N–H and O–H groups in total. The Bertz CT molecular complexity index is 1060. The van der Waals surface area contributed by atoms with Crippen molar-refractivity contribution in [2.45, 2.75) is 6.61 Å². The van der Waals surface area contributed by atoms with Crippen LogP contribution >= 0.6 is 31.9 Å². The van der Waals surface area contributed by atoms with E-state index in [-0.39, 0.29) is 12.5 Å². The number of hydrazone groups is 1. The molecule has 0 radical (unpaired) electrons. The lowest BCUT2D eigenvalue weighted by Crippen LogP contribution is -2.24. The second kappa shape index (κ2) is 11.5. The molecule has 31 heavy (non-hydrogen) atoms. The molecule has 3 aromatic rings. The molecule has 0 aliphatic carbocycles. The monoisotopic (exact) mass is 546 g/mol. The molecule has 160 valence electrons. The fourth-order valence-electron chi connectivity index (χ4n) is 2.57. The number of nitrogens with zero attached hydrogens (tertiary/aromatic N) is 1. The highest BCUT2D eigenvalue weighted by Crippen LogP contribution is 2.29. The summed E-state index contributed by atoms with van der Waals surface area (Å²) in [6.07, 6.45) is 1.52. The highest BCUT2D eigenvalue weighted by molar-refractivity contribution is 9.11. The number of benzene rings is 3. The second-order valence-electron chi connectivity index (χ2n) is 6.34. The maximum Gasteiger partial charge on any atom is 0.277 e. The molecule has 0 saturated heterocycles. The zero-order chi connectivity index (χ0) is 22.1. The van der Waals surface area contributed by atoms with Crippen LogP contribution in [0.5, 0.6) is 17.2 Å². The van der Waals surface area contributed by atoms with Crippen LogP contribution in [0.3, 0.4) is 0 Å². The first kappa shape index (κ1) is 22.8. The quantitative estimate of drug-likeness (QED) is 0.290. The van der Waals surface area contributed by atoms with Gasteiger partial charge in [-0.25, -0.2) is 5.43 Å². The molecule has 3 rings (SSSR count). The predicted molar refractivity (Wildman–Crippen MR) is 127 cm³/mol. The van der Waals surface area contributed by atoms with Crippen molar-refractivity contribution in [3.05, 3.63) is 86.8 Å². The van der Waals surface area contributed by atoms with Gasteiger partial charge in [0.05, 0.1) is 17.8 Å². The zero-order valence-electron chi connectivity index (χ0n) is 16.7. The van der Waals surface area contributed by atoms with Crippen molar-refractivity contribution < 1.29 is 19.0 Å². The number of nitrogens with one attached hydrogen (secondary N) is 1. The summed E-state index contributed by atoms with van der Waals surface area (Å²) in [4.78, 5) is 12.0. The minimum absolute atomic E-state index is 0.160. The molecule has 0 atom stereocenters. The second-order valence-corrected chi connectivity index (χ2v) is 8.11. The molecular weight excluding hydrogens is 528 g/mol. The number of hydrogen-bond donors (Lipinski definition) is 1. The van der Waals surface area contributed by atoms with Gasteiger partial charge in [-0.15, -0.1) is 0 Å². The summed E-state index contributed by atoms with van der Waals surface area (Å²) in [5.41, 5.74) is 4.26. The van der Waals surface area contributed by atoms with Crippen LogP contribution in [0.2, 0.25) is 0 Å². The van der Waals surface area contributed by atoms with E-state index in [0.717, 1.165) is 20.1 Å². The molecule has 6 nitrogen and oxygen atoms in total. The van der Waals surface area contributed by atoms with Crippen molar-refractivity contribution in [1.29, 1.82) is 0 Å². The molecule has 3 aromatic carbocycles. The molecule has 0 heterocycles. The van der Waals surface area contributed by atoms with E-state index in [1.54, 1.807) is 25.3 Å². The van der Waals surface area contributed by atoms with Crippen molar-refractivity contribution in [2.75, 3.05) is 13.7 Å². The van der Waals surface area contributed by atoms with E-state index in [9.17, 15) is 4.79 Å². The number of rotatable bonds is 9. The maximum atomic E-state index is 12.0. The predicted octanol–water partition coefficient (Wildman–Crippen LogP) is 5.33. The van der Waals surface area contributed by atoms with Crippen LogP contribution in [-0.4, -0.2) is 25.8 Å². The van der Waals surface area contributed by atoms with Crippen LogP contribution in [0.1, 0.15) is 11.1 Å². The molecule has 0 aliphatic heterocycles. The SMILES string of the molecule is COc1cc(/C=N/NC(=O)COc2ccc(Br)cc2Br)ccc1OCc1ccccc1. The number of methoxy groups -OCH3 is 1. The van der Waals surface area contributed by atoms with Crippen LogP contribution in [-0.2, 0) is 11.4 Å². The first-order chi connectivity index (χ1) is 15.0. The third-order valence-corrected chi connectivity index (χ3v) is 5.19. The fourth-order valence-corrected chi connectivity index (χ4v) is 3.73. The Morgan fingerprint density at radius 1 is 0.968 bits per heavy atom. The van der Waals surface area contributed by atoms with Crippen LogP contribution in [0, 0.1) is 0 Å². The minimum Gasteiger partial charge on any atom is -0.493 e. The lowest BCUT2D eigenvalue weighted by molar-refractivity contribution is -0.123. The average Bonchev–Trinajstić information content (AvgIpc) is 2.78. The first-order valence-corrected chi connectivity index (χ1v) is 10.9. The summed E-state index contributed by atoms with van der Waals surface area (Å²) in [5.74, 6) is 1.40. The van der Waals surface area contributed by atoms with Gasteiger partial charge in [0, 0.05) is 4.47 Å².